The summed E-state index contributed by atoms with van der Waals surface area (Å²) in [6.45, 7) is 0.644. The lowest BCUT2D eigenvalue weighted by molar-refractivity contribution is -0.116. The van der Waals surface area contributed by atoms with E-state index >= 15 is 0 Å². The second-order valence-corrected chi connectivity index (χ2v) is 5.06. The number of nitrogens with zero attached hydrogens (tertiary/aromatic N) is 6. The highest BCUT2D eigenvalue weighted by atomic mass is 16.5. The van der Waals surface area contributed by atoms with Crippen LogP contribution in [0.4, 0.5) is 5.69 Å². The Bertz CT molecular complexity index is 784. The van der Waals surface area contributed by atoms with Gasteiger partial charge in [0.2, 0.25) is 5.91 Å². The molecule has 0 atom stereocenters. The van der Waals surface area contributed by atoms with Crippen molar-refractivity contribution in [1.29, 1.82) is 0 Å². The van der Waals surface area contributed by atoms with Crippen LogP contribution >= 0.6 is 0 Å². The van der Waals surface area contributed by atoms with E-state index in [1.54, 1.807) is 41.4 Å². The van der Waals surface area contributed by atoms with Gasteiger partial charge < -0.3 is 10.1 Å². The standard InChI is InChI=1S/C15H17N7O2/c1-24-14-5-4-12(21-10-17-18-11-21)7-13(14)20-15(23)3-2-6-22-9-16-8-19-22/h4-5,7-11H,2-3,6H2,1H3,(H,20,23). The lowest BCUT2D eigenvalue weighted by Crippen LogP contribution is -2.13. The van der Waals surface area contributed by atoms with Gasteiger partial charge in [-0.25, -0.2) is 4.98 Å². The highest BCUT2D eigenvalue weighted by Gasteiger charge is 2.10. The van der Waals surface area contributed by atoms with Crippen LogP contribution < -0.4 is 10.1 Å². The first kappa shape index (κ1) is 15.7. The Hall–Kier alpha value is -3.23. The summed E-state index contributed by atoms with van der Waals surface area (Å²) < 4.78 is 8.75. The van der Waals surface area contributed by atoms with Crippen molar-refractivity contribution in [3.63, 3.8) is 0 Å². The van der Waals surface area contributed by atoms with Crippen molar-refractivity contribution in [2.24, 2.45) is 0 Å². The summed E-state index contributed by atoms with van der Waals surface area (Å²) in [6, 6.07) is 5.47. The van der Waals surface area contributed by atoms with Crippen LogP contribution in [0.1, 0.15) is 12.8 Å². The van der Waals surface area contributed by atoms with Gasteiger partial charge in [-0.2, -0.15) is 5.10 Å². The number of hydrogen-bond acceptors (Lipinski definition) is 6. The number of methoxy groups -OCH3 is 1. The Morgan fingerprint density at radius 2 is 2.08 bits per heavy atom. The summed E-state index contributed by atoms with van der Waals surface area (Å²) in [5.41, 5.74) is 1.44. The molecule has 0 aliphatic carbocycles. The topological polar surface area (TPSA) is 99.8 Å². The van der Waals surface area contributed by atoms with E-state index in [0.29, 0.717) is 30.8 Å². The third kappa shape index (κ3) is 3.75. The van der Waals surface area contributed by atoms with Gasteiger partial charge in [0.05, 0.1) is 18.5 Å². The SMILES string of the molecule is COc1ccc(-n2cnnc2)cc1NC(=O)CCCn1cncn1. The van der Waals surface area contributed by atoms with E-state index in [1.165, 1.54) is 6.33 Å². The van der Waals surface area contributed by atoms with Crippen LogP contribution in [-0.4, -0.2) is 42.5 Å². The zero-order chi connectivity index (χ0) is 16.8. The summed E-state index contributed by atoms with van der Waals surface area (Å²) in [5, 5.41) is 14.4. The molecule has 24 heavy (non-hydrogen) atoms. The van der Waals surface area contributed by atoms with E-state index in [4.69, 9.17) is 4.74 Å². The molecule has 0 bridgehead atoms. The highest BCUT2D eigenvalue weighted by Crippen LogP contribution is 2.27. The molecule has 3 rings (SSSR count). The summed E-state index contributed by atoms with van der Waals surface area (Å²) in [4.78, 5) is 16.0. The first-order chi connectivity index (χ1) is 11.8. The van der Waals surface area contributed by atoms with Gasteiger partial charge in [0.25, 0.3) is 0 Å². The number of amides is 1. The van der Waals surface area contributed by atoms with Gasteiger partial charge >= 0.3 is 0 Å². The van der Waals surface area contributed by atoms with Crippen molar-refractivity contribution >= 4 is 11.6 Å². The number of nitrogens with one attached hydrogen (secondary N) is 1. The number of aromatic nitrogens is 6. The van der Waals surface area contributed by atoms with Crippen molar-refractivity contribution in [1.82, 2.24) is 29.5 Å². The molecule has 2 aromatic heterocycles. The van der Waals surface area contributed by atoms with Crippen LogP contribution in [0.25, 0.3) is 5.69 Å². The maximum atomic E-state index is 12.2. The molecule has 2 heterocycles. The smallest absolute Gasteiger partial charge is 0.224 e. The van der Waals surface area contributed by atoms with Crippen molar-refractivity contribution in [3.05, 3.63) is 43.5 Å². The quantitative estimate of drug-likeness (QED) is 0.702. The Kier molecular flexibility index (Phi) is 4.80. The van der Waals surface area contributed by atoms with Crippen LogP contribution in [-0.2, 0) is 11.3 Å². The zero-order valence-electron chi connectivity index (χ0n) is 13.2. The molecule has 1 N–H and O–H groups in total. The molecule has 124 valence electrons. The van der Waals surface area contributed by atoms with E-state index in [2.05, 4.69) is 25.6 Å². The molecule has 3 aromatic rings. The van der Waals surface area contributed by atoms with Crippen LogP contribution in [0.3, 0.4) is 0 Å². The molecule has 0 aliphatic heterocycles. The lowest BCUT2D eigenvalue weighted by Gasteiger charge is -2.12. The molecule has 9 heteroatoms. The van der Waals surface area contributed by atoms with E-state index in [1.807, 2.05) is 12.1 Å². The molecule has 9 nitrogen and oxygen atoms in total. The predicted molar refractivity (Wildman–Crippen MR) is 85.8 cm³/mol. The molecule has 1 amide bonds. The van der Waals surface area contributed by atoms with Crippen LogP contribution in [0.5, 0.6) is 5.75 Å². The normalized spacial score (nSPS) is 10.5. The lowest BCUT2D eigenvalue weighted by atomic mass is 10.2. The molecule has 0 unspecified atom stereocenters. The molecule has 1 aromatic carbocycles. The van der Waals surface area contributed by atoms with Gasteiger partial charge in [0.15, 0.2) is 0 Å². The van der Waals surface area contributed by atoms with Gasteiger partial charge in [-0.15, -0.1) is 10.2 Å². The second-order valence-electron chi connectivity index (χ2n) is 5.06. The zero-order valence-corrected chi connectivity index (χ0v) is 13.2. The van der Waals surface area contributed by atoms with Crippen molar-refractivity contribution in [2.75, 3.05) is 12.4 Å². The maximum absolute atomic E-state index is 12.2. The molecule has 0 spiro atoms. The van der Waals surface area contributed by atoms with Crippen LogP contribution in [0.2, 0.25) is 0 Å². The maximum Gasteiger partial charge on any atom is 0.224 e. The van der Waals surface area contributed by atoms with Crippen molar-refractivity contribution < 1.29 is 9.53 Å². The molecule has 0 saturated carbocycles. The van der Waals surface area contributed by atoms with Crippen molar-refractivity contribution in [2.45, 2.75) is 19.4 Å². The molecule has 0 aliphatic rings. The van der Waals surface area contributed by atoms with Crippen LogP contribution in [0, 0.1) is 0 Å². The van der Waals surface area contributed by atoms with Crippen molar-refractivity contribution in [3.8, 4) is 11.4 Å². The third-order valence-corrected chi connectivity index (χ3v) is 3.43. The fourth-order valence-corrected chi connectivity index (χ4v) is 2.25. The van der Waals surface area contributed by atoms with E-state index < -0.39 is 0 Å². The fourth-order valence-electron chi connectivity index (χ4n) is 2.25. The Morgan fingerprint density at radius 3 is 2.79 bits per heavy atom. The first-order valence-corrected chi connectivity index (χ1v) is 7.41. The minimum Gasteiger partial charge on any atom is -0.495 e. The number of aryl methyl sites for hydroxylation is 1. The van der Waals surface area contributed by atoms with E-state index in [9.17, 15) is 4.79 Å². The summed E-state index contributed by atoms with van der Waals surface area (Å²) >= 11 is 0. The minimum absolute atomic E-state index is 0.0886. The summed E-state index contributed by atoms with van der Waals surface area (Å²) in [6.07, 6.45) is 7.32. The molecule has 0 saturated heterocycles. The van der Waals surface area contributed by atoms with Gasteiger partial charge in [-0.3, -0.25) is 14.0 Å². The van der Waals surface area contributed by atoms with E-state index in [-0.39, 0.29) is 5.91 Å². The third-order valence-electron chi connectivity index (χ3n) is 3.43. The van der Waals surface area contributed by atoms with E-state index in [0.717, 1.165) is 5.69 Å². The second kappa shape index (κ2) is 7.36. The molecular formula is C15H17N7O2. The Balaban J connectivity index is 1.64. The highest BCUT2D eigenvalue weighted by molar-refractivity contribution is 5.92. The fraction of sp³-hybridized carbons (Fsp3) is 0.267. The first-order valence-electron chi connectivity index (χ1n) is 7.41. The molecular weight excluding hydrogens is 310 g/mol. The number of carbonyl (C=O) groups excluding carboxylic acids is 1. The number of benzene rings is 1. The number of anilines is 1. The number of ether oxygens (including phenoxy) is 1. The number of carbonyl (C=O) groups is 1. The van der Waals surface area contributed by atoms with Crippen LogP contribution in [0.15, 0.2) is 43.5 Å². The minimum atomic E-state index is -0.0886. The Morgan fingerprint density at radius 1 is 1.25 bits per heavy atom. The average Bonchev–Trinajstić information content (AvgIpc) is 3.28. The Labute approximate surface area is 138 Å². The average molecular weight is 327 g/mol. The molecule has 0 radical (unpaired) electrons. The largest absolute Gasteiger partial charge is 0.495 e. The number of rotatable bonds is 7. The number of hydrogen-bond donors (Lipinski definition) is 1. The predicted octanol–water partition coefficient (Wildman–Crippen LogP) is 1.29. The monoisotopic (exact) mass is 327 g/mol. The summed E-state index contributed by atoms with van der Waals surface area (Å²) in [7, 11) is 1.56. The van der Waals surface area contributed by atoms with Gasteiger partial charge in [0.1, 0.15) is 31.1 Å². The van der Waals surface area contributed by atoms with Gasteiger partial charge in [0, 0.05) is 13.0 Å². The summed E-state index contributed by atoms with van der Waals surface area (Å²) in [5.74, 6) is 0.505. The van der Waals surface area contributed by atoms with Gasteiger partial charge in [-0.1, -0.05) is 0 Å². The molecule has 0 fully saturated rings. The van der Waals surface area contributed by atoms with Gasteiger partial charge in [-0.05, 0) is 24.6 Å².